The molecule has 2 fully saturated rings. The van der Waals surface area contributed by atoms with E-state index in [1.54, 1.807) is 6.20 Å². The number of hydrogen-bond donors (Lipinski definition) is 1. The molecule has 4 nitrogen and oxygen atoms in total. The Morgan fingerprint density at radius 1 is 1.25 bits per heavy atom. The Hall–Kier alpha value is -1.59. The topological polar surface area (TPSA) is 37.3 Å². The Balaban J connectivity index is 1.93. The minimum absolute atomic E-state index is 0.184. The quantitative estimate of drug-likeness (QED) is 0.903. The molecule has 128 valence electrons. The van der Waals surface area contributed by atoms with Gasteiger partial charge in [0, 0.05) is 43.5 Å². The maximum atomic E-state index is 14.9. The van der Waals surface area contributed by atoms with Crippen molar-refractivity contribution in [1.29, 1.82) is 0 Å². The van der Waals surface area contributed by atoms with E-state index in [1.165, 1.54) is 12.1 Å². The number of fused-ring (bicyclic) bond motifs is 1. The van der Waals surface area contributed by atoms with Gasteiger partial charge in [-0.15, -0.1) is 0 Å². The number of benzene rings is 1. The van der Waals surface area contributed by atoms with Gasteiger partial charge in [-0.1, -0.05) is 11.6 Å². The lowest BCUT2D eigenvalue weighted by Crippen LogP contribution is -2.54. The van der Waals surface area contributed by atoms with Gasteiger partial charge in [0.05, 0.1) is 21.6 Å². The highest BCUT2D eigenvalue weighted by molar-refractivity contribution is 6.38. The first-order valence-electron chi connectivity index (χ1n) is 8.49. The Morgan fingerprint density at radius 3 is 2.54 bits per heavy atom. The Bertz CT molecular complexity index is 851. The molecular formula is C18H21ClFN3O. The summed E-state index contributed by atoms with van der Waals surface area (Å²) in [5, 5.41) is 4.17. The van der Waals surface area contributed by atoms with Crippen molar-refractivity contribution in [3.05, 3.63) is 39.4 Å². The first kappa shape index (κ1) is 15.9. The van der Waals surface area contributed by atoms with E-state index in [0.29, 0.717) is 40.7 Å². The van der Waals surface area contributed by atoms with E-state index in [9.17, 15) is 9.18 Å². The van der Waals surface area contributed by atoms with Crippen molar-refractivity contribution in [3.8, 4) is 0 Å². The van der Waals surface area contributed by atoms with Crippen LogP contribution in [0.1, 0.15) is 32.7 Å². The number of hydrogen-bond acceptors (Lipinski definition) is 3. The molecule has 2 unspecified atom stereocenters. The van der Waals surface area contributed by atoms with Crippen molar-refractivity contribution >= 4 is 28.2 Å². The predicted molar refractivity (Wildman–Crippen MR) is 95.7 cm³/mol. The number of pyridine rings is 1. The molecule has 0 bridgehead atoms. The van der Waals surface area contributed by atoms with Crippen LogP contribution in [0.2, 0.25) is 5.02 Å². The standard InChI is InChI=1S/C18H21ClFN3O/c1-10-8-22(9-11(2)21-10)18-14(20)7-13-15(24)5-6-23(12-3-4-12)17(13)16(18)19/h5-7,10-12,21H,3-4,8-9H2,1-2H3. The van der Waals surface area contributed by atoms with Gasteiger partial charge in [-0.05, 0) is 32.8 Å². The molecule has 1 N–H and O–H groups in total. The Labute approximate surface area is 145 Å². The highest BCUT2D eigenvalue weighted by Crippen LogP contribution is 2.41. The van der Waals surface area contributed by atoms with E-state index < -0.39 is 5.82 Å². The SMILES string of the molecule is CC1CN(c2c(F)cc3c(=O)ccn(C4CC4)c3c2Cl)CC(C)N1. The molecule has 1 aliphatic heterocycles. The number of nitrogens with one attached hydrogen (secondary N) is 1. The molecule has 1 aromatic heterocycles. The summed E-state index contributed by atoms with van der Waals surface area (Å²) < 4.78 is 16.9. The van der Waals surface area contributed by atoms with Crippen LogP contribution >= 0.6 is 11.6 Å². The Morgan fingerprint density at radius 2 is 1.92 bits per heavy atom. The highest BCUT2D eigenvalue weighted by atomic mass is 35.5. The monoisotopic (exact) mass is 349 g/mol. The Kier molecular flexibility index (Phi) is 3.81. The van der Waals surface area contributed by atoms with Gasteiger partial charge in [-0.3, -0.25) is 4.79 Å². The van der Waals surface area contributed by atoms with Gasteiger partial charge >= 0.3 is 0 Å². The lowest BCUT2D eigenvalue weighted by molar-refractivity contribution is 0.404. The van der Waals surface area contributed by atoms with Crippen LogP contribution in [0, 0.1) is 5.82 Å². The van der Waals surface area contributed by atoms with E-state index in [2.05, 4.69) is 19.2 Å². The maximum Gasteiger partial charge on any atom is 0.189 e. The summed E-state index contributed by atoms with van der Waals surface area (Å²) in [6.45, 7) is 5.53. The molecule has 24 heavy (non-hydrogen) atoms. The zero-order chi connectivity index (χ0) is 17.0. The number of aromatic nitrogens is 1. The van der Waals surface area contributed by atoms with Crippen LogP contribution in [-0.2, 0) is 0 Å². The minimum Gasteiger partial charge on any atom is -0.365 e. The molecule has 1 saturated heterocycles. The van der Waals surface area contributed by atoms with Crippen LogP contribution in [0.5, 0.6) is 0 Å². The predicted octanol–water partition coefficient (Wildman–Crippen LogP) is 3.32. The fourth-order valence-electron chi connectivity index (χ4n) is 3.81. The summed E-state index contributed by atoms with van der Waals surface area (Å²) in [6.07, 6.45) is 3.93. The first-order valence-corrected chi connectivity index (χ1v) is 8.87. The van der Waals surface area contributed by atoms with Crippen LogP contribution in [0.15, 0.2) is 23.1 Å². The van der Waals surface area contributed by atoms with Crippen molar-refractivity contribution in [3.63, 3.8) is 0 Å². The van der Waals surface area contributed by atoms with Crippen LogP contribution in [0.25, 0.3) is 10.9 Å². The maximum absolute atomic E-state index is 14.9. The zero-order valence-corrected chi connectivity index (χ0v) is 14.6. The molecule has 1 aliphatic carbocycles. The molecule has 2 aromatic rings. The van der Waals surface area contributed by atoms with Gasteiger partial charge in [-0.2, -0.15) is 0 Å². The fourth-order valence-corrected chi connectivity index (χ4v) is 4.22. The molecule has 0 amide bonds. The number of halogens is 2. The van der Waals surface area contributed by atoms with Crippen molar-refractivity contribution in [2.45, 2.75) is 44.8 Å². The van der Waals surface area contributed by atoms with E-state index in [-0.39, 0.29) is 17.5 Å². The van der Waals surface area contributed by atoms with Crippen LogP contribution in [0.3, 0.4) is 0 Å². The molecule has 2 aliphatic rings. The summed E-state index contributed by atoms with van der Waals surface area (Å²) in [5.74, 6) is -0.417. The smallest absolute Gasteiger partial charge is 0.189 e. The van der Waals surface area contributed by atoms with Gasteiger partial charge in [0.1, 0.15) is 5.82 Å². The number of nitrogens with zero attached hydrogens (tertiary/aromatic N) is 2. The molecule has 1 saturated carbocycles. The van der Waals surface area contributed by atoms with Crippen LogP contribution < -0.4 is 15.6 Å². The number of piperazine rings is 1. The minimum atomic E-state index is -0.417. The van der Waals surface area contributed by atoms with Crippen molar-refractivity contribution < 1.29 is 4.39 Å². The summed E-state index contributed by atoms with van der Waals surface area (Å²) >= 11 is 6.66. The molecule has 0 spiro atoms. The van der Waals surface area contributed by atoms with Crippen LogP contribution in [0.4, 0.5) is 10.1 Å². The van der Waals surface area contributed by atoms with Gasteiger partial charge in [0.2, 0.25) is 0 Å². The fraction of sp³-hybridized carbons (Fsp3) is 0.500. The second-order valence-electron chi connectivity index (χ2n) is 7.11. The van der Waals surface area contributed by atoms with Crippen molar-refractivity contribution in [2.24, 2.45) is 0 Å². The lowest BCUT2D eigenvalue weighted by atomic mass is 10.1. The zero-order valence-electron chi connectivity index (χ0n) is 13.9. The summed E-state index contributed by atoms with van der Waals surface area (Å²) in [4.78, 5) is 14.2. The van der Waals surface area contributed by atoms with Crippen molar-refractivity contribution in [1.82, 2.24) is 9.88 Å². The molecule has 2 atom stereocenters. The average molecular weight is 350 g/mol. The summed E-state index contributed by atoms with van der Waals surface area (Å²) in [7, 11) is 0. The van der Waals surface area contributed by atoms with Crippen LogP contribution in [-0.4, -0.2) is 29.7 Å². The summed E-state index contributed by atoms with van der Waals surface area (Å²) in [5.41, 5.74) is 0.905. The van der Waals surface area contributed by atoms with Gasteiger partial charge in [0.15, 0.2) is 5.43 Å². The van der Waals surface area contributed by atoms with Gasteiger partial charge in [0.25, 0.3) is 0 Å². The highest BCUT2D eigenvalue weighted by Gasteiger charge is 2.30. The van der Waals surface area contributed by atoms with E-state index in [1.807, 2.05) is 9.47 Å². The molecule has 6 heteroatoms. The molecule has 0 radical (unpaired) electrons. The number of rotatable bonds is 2. The van der Waals surface area contributed by atoms with Gasteiger partial charge < -0.3 is 14.8 Å². The average Bonchev–Trinajstić information content (AvgIpc) is 3.32. The normalized spacial score (nSPS) is 24.6. The molecule has 1 aromatic carbocycles. The lowest BCUT2D eigenvalue weighted by Gasteiger charge is -2.38. The second kappa shape index (κ2) is 5.74. The number of anilines is 1. The van der Waals surface area contributed by atoms with Gasteiger partial charge in [-0.25, -0.2) is 4.39 Å². The molecular weight excluding hydrogens is 329 g/mol. The van der Waals surface area contributed by atoms with Crippen molar-refractivity contribution in [2.75, 3.05) is 18.0 Å². The second-order valence-corrected chi connectivity index (χ2v) is 7.49. The van der Waals surface area contributed by atoms with E-state index >= 15 is 0 Å². The first-order chi connectivity index (χ1) is 11.5. The third kappa shape index (κ3) is 2.60. The third-order valence-corrected chi connectivity index (χ3v) is 5.25. The largest absolute Gasteiger partial charge is 0.365 e. The third-order valence-electron chi connectivity index (χ3n) is 4.89. The molecule has 4 rings (SSSR count). The molecule has 2 heterocycles. The summed E-state index contributed by atoms with van der Waals surface area (Å²) in [6, 6.07) is 3.73. The van der Waals surface area contributed by atoms with E-state index in [0.717, 1.165) is 12.8 Å². The van der Waals surface area contributed by atoms with E-state index in [4.69, 9.17) is 11.6 Å².